The Balaban J connectivity index is 2.73. The molecule has 0 aliphatic heterocycles. The molecular weight excluding hydrogens is 388 g/mol. The molecule has 0 heterocycles. The highest BCUT2D eigenvalue weighted by Crippen LogP contribution is 2.35. The molecule has 0 aromatic heterocycles. The van der Waals surface area contributed by atoms with Gasteiger partial charge in [0.05, 0.1) is 22.0 Å². The number of hydrogen-bond acceptors (Lipinski definition) is 3. The molecule has 6 heteroatoms. The second kappa shape index (κ2) is 7.43. The molecule has 1 rings (SSSR count). The Morgan fingerprint density at radius 3 is 2.30 bits per heavy atom. The number of carbonyl (C=O) groups is 1. The number of rotatable bonds is 6. The summed E-state index contributed by atoms with van der Waals surface area (Å²) in [5, 5.41) is 3.43. The largest absolute Gasteiger partial charge is 0.491 e. The molecule has 3 N–H and O–H groups in total. The van der Waals surface area contributed by atoms with Crippen LogP contribution >= 0.6 is 31.9 Å². The van der Waals surface area contributed by atoms with Crippen LogP contribution in [-0.2, 0) is 11.3 Å². The van der Waals surface area contributed by atoms with E-state index in [1.807, 2.05) is 12.1 Å². The van der Waals surface area contributed by atoms with Crippen molar-refractivity contribution in [1.82, 2.24) is 5.32 Å². The zero-order valence-corrected chi connectivity index (χ0v) is 15.1. The van der Waals surface area contributed by atoms with Gasteiger partial charge in [-0.3, -0.25) is 4.79 Å². The Labute approximate surface area is 136 Å². The minimum atomic E-state index is -0.372. The summed E-state index contributed by atoms with van der Waals surface area (Å²) in [7, 11) is 0. The Morgan fingerprint density at radius 2 is 1.85 bits per heavy atom. The summed E-state index contributed by atoms with van der Waals surface area (Å²) in [6.07, 6.45) is 0.201. The van der Waals surface area contributed by atoms with Gasteiger partial charge in [0.1, 0.15) is 5.75 Å². The average molecular weight is 408 g/mol. The first-order chi connectivity index (χ1) is 9.19. The second-order valence-corrected chi connectivity index (χ2v) is 7.27. The van der Waals surface area contributed by atoms with E-state index >= 15 is 0 Å². The Kier molecular flexibility index (Phi) is 6.48. The molecule has 0 atom stereocenters. The summed E-state index contributed by atoms with van der Waals surface area (Å²) >= 11 is 6.97. The topological polar surface area (TPSA) is 64.3 Å². The Morgan fingerprint density at radius 1 is 1.30 bits per heavy atom. The fourth-order valence-electron chi connectivity index (χ4n) is 1.47. The van der Waals surface area contributed by atoms with Crippen LogP contribution < -0.4 is 15.8 Å². The monoisotopic (exact) mass is 406 g/mol. The number of halogens is 2. The summed E-state index contributed by atoms with van der Waals surface area (Å²) < 4.78 is 7.26. The first-order valence-electron chi connectivity index (χ1n) is 6.33. The number of hydrogen-bond donors (Lipinski definition) is 2. The summed E-state index contributed by atoms with van der Waals surface area (Å²) in [6, 6.07) is 4.01. The molecule has 0 radical (unpaired) electrons. The van der Waals surface area contributed by atoms with Gasteiger partial charge in [0, 0.05) is 12.1 Å². The van der Waals surface area contributed by atoms with E-state index in [2.05, 4.69) is 57.9 Å². The maximum absolute atomic E-state index is 10.7. The molecule has 0 unspecified atom stereocenters. The Bertz CT molecular complexity index is 462. The normalized spacial score (nSPS) is 11.4. The quantitative estimate of drug-likeness (QED) is 0.759. The highest BCUT2D eigenvalue weighted by molar-refractivity contribution is 9.11. The van der Waals surface area contributed by atoms with Crippen molar-refractivity contribution in [2.75, 3.05) is 6.61 Å². The number of nitrogens with two attached hydrogens (primary N) is 1. The van der Waals surface area contributed by atoms with Crippen molar-refractivity contribution in [3.8, 4) is 5.75 Å². The van der Waals surface area contributed by atoms with E-state index in [0.29, 0.717) is 5.75 Å². The van der Waals surface area contributed by atoms with Gasteiger partial charge < -0.3 is 15.8 Å². The molecule has 0 saturated carbocycles. The zero-order chi connectivity index (χ0) is 15.3. The van der Waals surface area contributed by atoms with Crippen LogP contribution in [0.5, 0.6) is 5.75 Å². The summed E-state index contributed by atoms with van der Waals surface area (Å²) in [4.78, 5) is 10.7. The lowest BCUT2D eigenvalue weighted by atomic mass is 10.1. The first-order valence-corrected chi connectivity index (χ1v) is 7.91. The van der Waals surface area contributed by atoms with E-state index in [4.69, 9.17) is 10.5 Å². The highest BCUT2D eigenvalue weighted by atomic mass is 79.9. The van der Waals surface area contributed by atoms with E-state index in [1.54, 1.807) is 0 Å². The molecule has 4 nitrogen and oxygen atoms in total. The number of carbonyl (C=O) groups excluding carboxylic acids is 1. The molecule has 1 aromatic carbocycles. The zero-order valence-electron chi connectivity index (χ0n) is 11.9. The third-order valence-corrected chi connectivity index (χ3v) is 3.65. The standard InChI is InChI=1S/C14H20Br2N2O2/c1-14(2,3)18-8-9-6-10(15)13(11(16)7-9)20-5-4-12(17)19/h6-7,18H,4-5,8H2,1-3H3,(H2,17,19). The van der Waals surface area contributed by atoms with Crippen molar-refractivity contribution >= 4 is 37.8 Å². The minimum Gasteiger partial charge on any atom is -0.491 e. The molecule has 0 aliphatic carbocycles. The van der Waals surface area contributed by atoms with Crippen molar-refractivity contribution in [3.63, 3.8) is 0 Å². The molecule has 20 heavy (non-hydrogen) atoms. The SMILES string of the molecule is CC(C)(C)NCc1cc(Br)c(OCCC(N)=O)c(Br)c1. The van der Waals surface area contributed by atoms with E-state index in [1.165, 1.54) is 0 Å². The van der Waals surface area contributed by atoms with E-state index in [9.17, 15) is 4.79 Å². The molecule has 0 aliphatic rings. The third-order valence-electron chi connectivity index (χ3n) is 2.48. The minimum absolute atomic E-state index is 0.0651. The maximum atomic E-state index is 10.7. The van der Waals surface area contributed by atoms with Crippen LogP contribution in [0.4, 0.5) is 0 Å². The number of nitrogens with one attached hydrogen (secondary N) is 1. The summed E-state index contributed by atoms with van der Waals surface area (Å²) in [6.45, 7) is 7.41. The summed E-state index contributed by atoms with van der Waals surface area (Å²) in [5.74, 6) is 0.314. The molecular formula is C14H20Br2N2O2. The maximum Gasteiger partial charge on any atom is 0.220 e. The van der Waals surface area contributed by atoms with Crippen molar-refractivity contribution < 1.29 is 9.53 Å². The average Bonchev–Trinajstić information content (AvgIpc) is 2.29. The fraction of sp³-hybridized carbons (Fsp3) is 0.500. The highest BCUT2D eigenvalue weighted by Gasteiger charge is 2.12. The van der Waals surface area contributed by atoms with Gasteiger partial charge in [0.2, 0.25) is 5.91 Å². The van der Waals surface area contributed by atoms with Crippen molar-refractivity contribution in [2.45, 2.75) is 39.3 Å². The predicted molar refractivity (Wildman–Crippen MR) is 87.7 cm³/mol. The van der Waals surface area contributed by atoms with Gasteiger partial charge in [-0.15, -0.1) is 0 Å². The second-order valence-electron chi connectivity index (χ2n) is 5.56. The van der Waals surface area contributed by atoms with Gasteiger partial charge in [0.15, 0.2) is 0 Å². The van der Waals surface area contributed by atoms with E-state index in [-0.39, 0.29) is 24.5 Å². The van der Waals surface area contributed by atoms with Gasteiger partial charge in [-0.05, 0) is 70.3 Å². The van der Waals surface area contributed by atoms with Gasteiger partial charge in [-0.1, -0.05) is 0 Å². The van der Waals surface area contributed by atoms with E-state index in [0.717, 1.165) is 21.1 Å². The number of benzene rings is 1. The number of ether oxygens (including phenoxy) is 1. The molecule has 1 amide bonds. The predicted octanol–water partition coefficient (Wildman–Crippen LogP) is 3.35. The molecule has 0 saturated heterocycles. The van der Waals surface area contributed by atoms with Gasteiger partial charge in [0.25, 0.3) is 0 Å². The van der Waals surface area contributed by atoms with Gasteiger partial charge >= 0.3 is 0 Å². The van der Waals surface area contributed by atoms with Crippen LogP contribution in [-0.4, -0.2) is 18.1 Å². The molecule has 0 bridgehead atoms. The third kappa shape index (κ3) is 6.24. The smallest absolute Gasteiger partial charge is 0.220 e. The molecule has 0 spiro atoms. The number of primary amides is 1. The lowest BCUT2D eigenvalue weighted by molar-refractivity contribution is -0.118. The first kappa shape index (κ1) is 17.5. The van der Waals surface area contributed by atoms with Crippen molar-refractivity contribution in [1.29, 1.82) is 0 Å². The van der Waals surface area contributed by atoms with Crippen LogP contribution in [0.25, 0.3) is 0 Å². The Hall–Kier alpha value is -0.590. The molecule has 0 fully saturated rings. The van der Waals surface area contributed by atoms with E-state index < -0.39 is 0 Å². The van der Waals surface area contributed by atoms with Crippen LogP contribution in [0.2, 0.25) is 0 Å². The van der Waals surface area contributed by atoms with Crippen molar-refractivity contribution in [2.24, 2.45) is 5.73 Å². The van der Waals surface area contributed by atoms with Crippen LogP contribution in [0.1, 0.15) is 32.8 Å². The summed E-state index contributed by atoms with van der Waals surface area (Å²) in [5.41, 5.74) is 6.29. The van der Waals surface area contributed by atoms with Crippen LogP contribution in [0.3, 0.4) is 0 Å². The lowest BCUT2D eigenvalue weighted by Crippen LogP contribution is -2.35. The lowest BCUT2D eigenvalue weighted by Gasteiger charge is -2.21. The number of amides is 1. The van der Waals surface area contributed by atoms with Gasteiger partial charge in [-0.25, -0.2) is 0 Å². The molecule has 1 aromatic rings. The molecule has 112 valence electrons. The fourth-order valence-corrected chi connectivity index (χ4v) is 2.98. The van der Waals surface area contributed by atoms with Crippen LogP contribution in [0, 0.1) is 0 Å². The van der Waals surface area contributed by atoms with Crippen LogP contribution in [0.15, 0.2) is 21.1 Å². The van der Waals surface area contributed by atoms with Gasteiger partial charge in [-0.2, -0.15) is 0 Å². The van der Waals surface area contributed by atoms with Crippen molar-refractivity contribution in [3.05, 3.63) is 26.6 Å².